The highest BCUT2D eigenvalue weighted by Crippen LogP contribution is 2.58. The summed E-state index contributed by atoms with van der Waals surface area (Å²) in [5.74, 6) is 5.38. The van der Waals surface area contributed by atoms with Gasteiger partial charge in [0.1, 0.15) is 0 Å². The molecule has 0 spiro atoms. The molecule has 74 valence electrons. The molecule has 1 heteroatoms. The Kier molecular flexibility index (Phi) is 1.74. The smallest absolute Gasteiger partial charge is 0.0849 e. The van der Waals surface area contributed by atoms with Gasteiger partial charge in [-0.05, 0) is 62.7 Å². The molecular formula is C12H22N+. The van der Waals surface area contributed by atoms with E-state index in [1.54, 1.807) is 25.7 Å². The zero-order valence-electron chi connectivity index (χ0n) is 8.71. The van der Waals surface area contributed by atoms with E-state index in [9.17, 15) is 0 Å². The first-order valence-electron chi connectivity index (χ1n) is 6.08. The van der Waals surface area contributed by atoms with E-state index >= 15 is 0 Å². The van der Waals surface area contributed by atoms with E-state index in [0.29, 0.717) is 6.04 Å². The summed E-state index contributed by atoms with van der Waals surface area (Å²) in [6.07, 6.45) is 7.77. The lowest BCUT2D eigenvalue weighted by molar-refractivity contribution is -0.436. The Labute approximate surface area is 81.1 Å². The summed E-state index contributed by atoms with van der Waals surface area (Å²) < 4.78 is 0. The van der Waals surface area contributed by atoms with Crippen molar-refractivity contribution in [2.45, 2.75) is 45.1 Å². The van der Waals surface area contributed by atoms with Crippen LogP contribution < -0.4 is 5.73 Å². The Balaban J connectivity index is 1.90. The number of hydrogen-bond donors (Lipinski definition) is 1. The molecule has 0 aromatic carbocycles. The second-order valence-electron chi connectivity index (χ2n) is 5.89. The topological polar surface area (TPSA) is 27.6 Å². The molecule has 0 radical (unpaired) electrons. The molecule has 0 aromatic rings. The van der Waals surface area contributed by atoms with Gasteiger partial charge >= 0.3 is 0 Å². The number of hydrogen-bond acceptors (Lipinski definition) is 0. The minimum atomic E-state index is 0.705. The van der Waals surface area contributed by atoms with Gasteiger partial charge in [0.05, 0.1) is 6.04 Å². The normalized spacial score (nSPS) is 55.4. The molecule has 3 aliphatic carbocycles. The molecule has 1 nitrogen and oxygen atoms in total. The molecule has 6 atom stereocenters. The first kappa shape index (κ1) is 8.28. The van der Waals surface area contributed by atoms with Crippen LogP contribution in [0.4, 0.5) is 0 Å². The fourth-order valence-electron chi connectivity index (χ4n) is 4.83. The maximum Gasteiger partial charge on any atom is 0.0849 e. The molecule has 0 amide bonds. The van der Waals surface area contributed by atoms with Crippen LogP contribution in [-0.2, 0) is 0 Å². The van der Waals surface area contributed by atoms with Crippen LogP contribution in [-0.4, -0.2) is 6.04 Å². The number of rotatable bonds is 1. The highest BCUT2D eigenvalue weighted by Gasteiger charge is 2.51. The molecule has 13 heavy (non-hydrogen) atoms. The van der Waals surface area contributed by atoms with Gasteiger partial charge in [0.25, 0.3) is 0 Å². The Hall–Kier alpha value is -0.0400. The van der Waals surface area contributed by atoms with Crippen molar-refractivity contribution in [3.05, 3.63) is 0 Å². The van der Waals surface area contributed by atoms with E-state index in [4.69, 9.17) is 0 Å². The van der Waals surface area contributed by atoms with E-state index in [1.807, 2.05) is 0 Å². The average Bonchev–Trinajstić information content (AvgIpc) is 2.27. The molecule has 3 fully saturated rings. The standard InChI is InChI=1S/C12H21N/c1-7(13)12-10-3-2-9-4-8(5-10)6-11(9)12/h7-12H,2-6,13H2,1H3/p+1/t7-,8-,9-,10+,11+,12+/m0/s1. The predicted molar refractivity (Wildman–Crippen MR) is 52.9 cm³/mol. The van der Waals surface area contributed by atoms with E-state index in [1.165, 1.54) is 6.42 Å². The average molecular weight is 180 g/mol. The van der Waals surface area contributed by atoms with Gasteiger partial charge in [-0.1, -0.05) is 0 Å². The lowest BCUT2D eigenvalue weighted by Crippen LogP contribution is -2.66. The van der Waals surface area contributed by atoms with Crippen LogP contribution in [0.15, 0.2) is 0 Å². The van der Waals surface area contributed by atoms with Crippen molar-refractivity contribution >= 4 is 0 Å². The quantitative estimate of drug-likeness (QED) is 0.636. The second-order valence-corrected chi connectivity index (χ2v) is 5.89. The maximum absolute atomic E-state index is 4.30. The second kappa shape index (κ2) is 2.73. The van der Waals surface area contributed by atoms with Crippen molar-refractivity contribution in [2.24, 2.45) is 29.6 Å². The van der Waals surface area contributed by atoms with Crippen molar-refractivity contribution in [1.82, 2.24) is 0 Å². The molecule has 3 N–H and O–H groups in total. The summed E-state index contributed by atoms with van der Waals surface area (Å²) in [6.45, 7) is 2.35. The molecule has 0 heterocycles. The highest BCUT2D eigenvalue weighted by atomic mass is 14.7. The summed E-state index contributed by atoms with van der Waals surface area (Å²) in [4.78, 5) is 0. The van der Waals surface area contributed by atoms with Crippen LogP contribution in [0.1, 0.15) is 39.0 Å². The van der Waals surface area contributed by atoms with E-state index in [-0.39, 0.29) is 0 Å². The molecule has 0 unspecified atom stereocenters. The van der Waals surface area contributed by atoms with Crippen molar-refractivity contribution in [2.75, 3.05) is 0 Å². The Morgan fingerprint density at radius 3 is 2.54 bits per heavy atom. The fraction of sp³-hybridized carbons (Fsp3) is 1.00. The first-order chi connectivity index (χ1) is 6.25. The van der Waals surface area contributed by atoms with Gasteiger partial charge in [0, 0.05) is 5.92 Å². The third-order valence-corrected chi connectivity index (χ3v) is 5.09. The molecular weight excluding hydrogens is 158 g/mol. The summed E-state index contributed by atoms with van der Waals surface area (Å²) >= 11 is 0. The van der Waals surface area contributed by atoms with Gasteiger partial charge in [0.15, 0.2) is 0 Å². The lowest BCUT2D eigenvalue weighted by Gasteiger charge is -2.43. The van der Waals surface area contributed by atoms with E-state index < -0.39 is 0 Å². The van der Waals surface area contributed by atoms with E-state index in [0.717, 1.165) is 29.6 Å². The van der Waals surface area contributed by atoms with Gasteiger partial charge < -0.3 is 5.73 Å². The minimum absolute atomic E-state index is 0.705. The number of fused-ring (bicyclic) bond motifs is 2. The molecule has 0 saturated heterocycles. The highest BCUT2D eigenvalue weighted by molar-refractivity contribution is 5.00. The van der Waals surface area contributed by atoms with Gasteiger partial charge in [-0.15, -0.1) is 0 Å². The van der Waals surface area contributed by atoms with Crippen molar-refractivity contribution < 1.29 is 5.73 Å². The van der Waals surface area contributed by atoms with Crippen LogP contribution in [0.3, 0.4) is 0 Å². The molecule has 3 aliphatic rings. The van der Waals surface area contributed by atoms with Gasteiger partial charge in [-0.25, -0.2) is 0 Å². The van der Waals surface area contributed by atoms with Crippen LogP contribution in [0, 0.1) is 29.6 Å². The summed E-state index contributed by atoms with van der Waals surface area (Å²) in [6, 6.07) is 0.705. The maximum atomic E-state index is 4.30. The zero-order chi connectivity index (χ0) is 9.00. The van der Waals surface area contributed by atoms with Crippen LogP contribution in [0.25, 0.3) is 0 Å². The molecule has 0 aliphatic heterocycles. The third kappa shape index (κ3) is 1.09. The minimum Gasteiger partial charge on any atom is -0.355 e. The van der Waals surface area contributed by atoms with Crippen molar-refractivity contribution in [3.63, 3.8) is 0 Å². The summed E-state index contributed by atoms with van der Waals surface area (Å²) in [7, 11) is 0. The molecule has 3 bridgehead atoms. The fourth-order valence-corrected chi connectivity index (χ4v) is 4.83. The predicted octanol–water partition coefficient (Wildman–Crippen LogP) is 1.69. The Morgan fingerprint density at radius 2 is 1.77 bits per heavy atom. The number of quaternary nitrogens is 1. The molecule has 0 aromatic heterocycles. The van der Waals surface area contributed by atoms with Gasteiger partial charge in [0.2, 0.25) is 0 Å². The van der Waals surface area contributed by atoms with Crippen LogP contribution in [0.2, 0.25) is 0 Å². The lowest BCUT2D eigenvalue weighted by atomic mass is 9.62. The van der Waals surface area contributed by atoms with Crippen LogP contribution in [0.5, 0.6) is 0 Å². The van der Waals surface area contributed by atoms with Crippen molar-refractivity contribution in [3.8, 4) is 0 Å². The molecule has 3 saturated carbocycles. The molecule has 3 rings (SSSR count). The van der Waals surface area contributed by atoms with Crippen molar-refractivity contribution in [1.29, 1.82) is 0 Å². The Morgan fingerprint density at radius 1 is 1.08 bits per heavy atom. The zero-order valence-corrected chi connectivity index (χ0v) is 8.71. The third-order valence-electron chi connectivity index (χ3n) is 5.09. The first-order valence-corrected chi connectivity index (χ1v) is 6.08. The monoisotopic (exact) mass is 180 g/mol. The largest absolute Gasteiger partial charge is 0.355 e. The van der Waals surface area contributed by atoms with Crippen LogP contribution >= 0.6 is 0 Å². The Bertz CT molecular complexity index is 211. The summed E-state index contributed by atoms with van der Waals surface area (Å²) in [5.41, 5.74) is 4.30. The van der Waals surface area contributed by atoms with Gasteiger partial charge in [-0.2, -0.15) is 0 Å². The van der Waals surface area contributed by atoms with E-state index in [2.05, 4.69) is 12.7 Å². The van der Waals surface area contributed by atoms with Gasteiger partial charge in [-0.3, -0.25) is 0 Å². The summed E-state index contributed by atoms with van der Waals surface area (Å²) in [5, 5.41) is 0. The SMILES string of the molecule is C[C@H]([NH3+])[C@@H]1[C@@H]2CC[C@H]3C[C@@H](C2)C[C@H]31.